The maximum atomic E-state index is 13.0. The number of benzene rings is 2. The van der Waals surface area contributed by atoms with E-state index < -0.39 is 0 Å². The molecule has 39 heavy (non-hydrogen) atoms. The molecule has 214 valence electrons. The molecular formula is C30H42N2O6S. The van der Waals surface area contributed by atoms with Crippen LogP contribution in [-0.2, 0) is 0 Å². The predicted octanol–water partition coefficient (Wildman–Crippen LogP) is 5.60. The molecule has 0 aliphatic carbocycles. The standard InChI is InChI=1S/C30H42N2O6S/c1-21-25(12-10-23(28(21)34)24(33)20-30(2,3)4)37-17-7-8-18-38-27-19-22(9-11-26(27)36-5)29(35)31-13-15-32(39-6)16-14-31/h9-12,19,34H,7-8,13-18,20H2,1-6H3. The SMILES string of the molecule is COc1ccc(C(=O)N2CCN(SC)CC2)cc1OCCCCOc1ccc(C(=O)CC(C)(C)C)c(O)c1C. The van der Waals surface area contributed by atoms with Crippen molar-refractivity contribution in [3.8, 4) is 23.0 Å². The van der Waals surface area contributed by atoms with Crippen LogP contribution in [0.1, 0.15) is 66.3 Å². The minimum atomic E-state index is -0.154. The van der Waals surface area contributed by atoms with Gasteiger partial charge in [-0.25, -0.2) is 4.31 Å². The third-order valence-corrected chi connectivity index (χ3v) is 7.50. The largest absolute Gasteiger partial charge is 0.507 e. The molecule has 1 saturated heterocycles. The van der Waals surface area contributed by atoms with Crippen molar-refractivity contribution in [3.63, 3.8) is 0 Å². The van der Waals surface area contributed by atoms with Gasteiger partial charge in [0.2, 0.25) is 0 Å². The van der Waals surface area contributed by atoms with Crippen LogP contribution in [-0.4, -0.2) is 78.8 Å². The third kappa shape index (κ3) is 8.54. The van der Waals surface area contributed by atoms with E-state index in [1.54, 1.807) is 56.3 Å². The van der Waals surface area contributed by atoms with Gasteiger partial charge in [0.05, 0.1) is 25.9 Å². The van der Waals surface area contributed by atoms with Crippen LogP contribution in [0.3, 0.4) is 0 Å². The van der Waals surface area contributed by atoms with Gasteiger partial charge in [0.1, 0.15) is 11.5 Å². The number of Topliss-reactive ketones (excluding diaryl/α,β-unsaturated/α-hetero) is 1. The summed E-state index contributed by atoms with van der Waals surface area (Å²) in [5, 5.41) is 10.6. The van der Waals surface area contributed by atoms with Crippen molar-refractivity contribution in [1.82, 2.24) is 9.21 Å². The van der Waals surface area contributed by atoms with E-state index in [2.05, 4.69) is 10.6 Å². The molecule has 1 aliphatic rings. The minimum absolute atomic E-state index is 0.00130. The molecular weight excluding hydrogens is 516 g/mol. The number of piperazine rings is 1. The summed E-state index contributed by atoms with van der Waals surface area (Å²) in [5.74, 6) is 1.60. The van der Waals surface area contributed by atoms with Crippen molar-refractivity contribution in [2.45, 2.75) is 47.0 Å². The minimum Gasteiger partial charge on any atom is -0.507 e. The number of carbonyl (C=O) groups is 2. The Morgan fingerprint density at radius 2 is 1.56 bits per heavy atom. The highest BCUT2D eigenvalue weighted by Crippen LogP contribution is 2.33. The summed E-state index contributed by atoms with van der Waals surface area (Å²) in [6.07, 6.45) is 3.87. The second kappa shape index (κ2) is 13.9. The Labute approximate surface area is 236 Å². The van der Waals surface area contributed by atoms with Gasteiger partial charge in [-0.3, -0.25) is 9.59 Å². The molecule has 3 rings (SSSR count). The maximum absolute atomic E-state index is 13.0. The fourth-order valence-corrected chi connectivity index (χ4v) is 4.92. The van der Waals surface area contributed by atoms with Crippen LogP contribution in [0.2, 0.25) is 0 Å². The smallest absolute Gasteiger partial charge is 0.254 e. The summed E-state index contributed by atoms with van der Waals surface area (Å²) in [6.45, 7) is 11.7. The van der Waals surface area contributed by atoms with Crippen molar-refractivity contribution in [3.05, 3.63) is 47.0 Å². The van der Waals surface area contributed by atoms with Gasteiger partial charge in [0.15, 0.2) is 17.3 Å². The fraction of sp³-hybridized carbons (Fsp3) is 0.533. The van der Waals surface area contributed by atoms with Crippen LogP contribution in [0.25, 0.3) is 0 Å². The van der Waals surface area contributed by atoms with Gasteiger partial charge in [-0.15, -0.1) is 0 Å². The molecule has 0 radical (unpaired) electrons. The van der Waals surface area contributed by atoms with Crippen LogP contribution in [0, 0.1) is 12.3 Å². The molecule has 2 aromatic carbocycles. The molecule has 8 nitrogen and oxygen atoms in total. The van der Waals surface area contributed by atoms with E-state index in [9.17, 15) is 14.7 Å². The average Bonchev–Trinajstić information content (AvgIpc) is 2.91. The number of unbranched alkanes of at least 4 members (excludes halogenated alkanes) is 1. The molecule has 1 N–H and O–H groups in total. The molecule has 1 fully saturated rings. The Morgan fingerprint density at radius 1 is 0.949 bits per heavy atom. The van der Waals surface area contributed by atoms with E-state index in [1.165, 1.54) is 0 Å². The molecule has 0 unspecified atom stereocenters. The molecule has 9 heteroatoms. The third-order valence-electron chi connectivity index (χ3n) is 6.62. The van der Waals surface area contributed by atoms with Gasteiger partial charge in [-0.2, -0.15) is 0 Å². The predicted molar refractivity (Wildman–Crippen MR) is 155 cm³/mol. The van der Waals surface area contributed by atoms with Gasteiger partial charge in [0, 0.05) is 43.7 Å². The van der Waals surface area contributed by atoms with Gasteiger partial charge in [-0.05, 0) is 61.8 Å². The normalized spacial score (nSPS) is 14.3. The van der Waals surface area contributed by atoms with Crippen LogP contribution in [0.4, 0.5) is 0 Å². The molecule has 1 amide bonds. The van der Waals surface area contributed by atoms with E-state index >= 15 is 0 Å². The lowest BCUT2D eigenvalue weighted by atomic mass is 9.87. The maximum Gasteiger partial charge on any atom is 0.254 e. The van der Waals surface area contributed by atoms with Crippen LogP contribution >= 0.6 is 11.9 Å². The number of ether oxygens (including phenoxy) is 3. The number of aromatic hydroxyl groups is 1. The van der Waals surface area contributed by atoms with Gasteiger partial charge in [-0.1, -0.05) is 32.7 Å². The Bertz CT molecular complexity index is 1140. The highest BCUT2D eigenvalue weighted by molar-refractivity contribution is 7.96. The number of hydrogen-bond acceptors (Lipinski definition) is 8. The summed E-state index contributed by atoms with van der Waals surface area (Å²) in [7, 11) is 1.58. The lowest BCUT2D eigenvalue weighted by Gasteiger charge is -2.33. The zero-order valence-electron chi connectivity index (χ0n) is 24.0. The van der Waals surface area contributed by atoms with E-state index in [4.69, 9.17) is 14.2 Å². The number of hydrogen-bond donors (Lipinski definition) is 1. The van der Waals surface area contributed by atoms with Crippen molar-refractivity contribution < 1.29 is 28.9 Å². The number of phenolic OH excluding ortho intramolecular Hbond substituents is 1. The second-order valence-corrected chi connectivity index (χ2v) is 11.8. The van der Waals surface area contributed by atoms with E-state index in [0.717, 1.165) is 25.9 Å². The summed E-state index contributed by atoms with van der Waals surface area (Å²) in [4.78, 5) is 27.5. The number of carbonyl (C=O) groups excluding carboxylic acids is 2. The van der Waals surface area contributed by atoms with E-state index in [0.29, 0.717) is 66.7 Å². The number of phenols is 1. The van der Waals surface area contributed by atoms with Crippen LogP contribution in [0.5, 0.6) is 23.0 Å². The highest BCUT2D eigenvalue weighted by atomic mass is 32.2. The molecule has 0 saturated carbocycles. The Morgan fingerprint density at radius 3 is 2.15 bits per heavy atom. The molecule has 2 aromatic rings. The zero-order valence-corrected chi connectivity index (χ0v) is 24.9. The number of amides is 1. The van der Waals surface area contributed by atoms with Crippen LogP contribution < -0.4 is 14.2 Å². The number of rotatable bonds is 12. The zero-order chi connectivity index (χ0) is 28.6. The number of ketones is 1. The Kier molecular flexibility index (Phi) is 10.9. The Hall–Kier alpha value is -2.91. The first kappa shape index (κ1) is 30.6. The van der Waals surface area contributed by atoms with E-state index in [-0.39, 0.29) is 22.9 Å². The first-order valence-electron chi connectivity index (χ1n) is 13.4. The average molecular weight is 559 g/mol. The first-order valence-corrected chi connectivity index (χ1v) is 14.6. The van der Waals surface area contributed by atoms with Gasteiger partial charge < -0.3 is 24.2 Å². The number of nitrogens with zero attached hydrogens (tertiary/aromatic N) is 2. The van der Waals surface area contributed by atoms with Gasteiger partial charge >= 0.3 is 0 Å². The molecule has 0 bridgehead atoms. The summed E-state index contributed by atoms with van der Waals surface area (Å²) in [6, 6.07) is 8.69. The first-order chi connectivity index (χ1) is 18.5. The molecule has 1 heterocycles. The summed E-state index contributed by atoms with van der Waals surface area (Å²) in [5.41, 5.74) is 1.33. The van der Waals surface area contributed by atoms with Crippen molar-refractivity contribution in [1.29, 1.82) is 0 Å². The highest BCUT2D eigenvalue weighted by Gasteiger charge is 2.23. The van der Waals surface area contributed by atoms with Crippen molar-refractivity contribution in [2.24, 2.45) is 5.41 Å². The second-order valence-electron chi connectivity index (χ2n) is 10.9. The molecule has 0 spiro atoms. The van der Waals surface area contributed by atoms with E-state index in [1.807, 2.05) is 25.7 Å². The topological polar surface area (TPSA) is 88.5 Å². The Balaban J connectivity index is 1.49. The van der Waals surface area contributed by atoms with Crippen molar-refractivity contribution in [2.75, 3.05) is 52.8 Å². The lowest BCUT2D eigenvalue weighted by molar-refractivity contribution is 0.0703. The molecule has 0 aromatic heterocycles. The summed E-state index contributed by atoms with van der Waals surface area (Å²) >= 11 is 1.71. The summed E-state index contributed by atoms with van der Waals surface area (Å²) < 4.78 is 19.5. The quantitative estimate of drug-likeness (QED) is 0.205. The monoisotopic (exact) mass is 558 g/mol. The fourth-order valence-electron chi connectivity index (χ4n) is 4.39. The molecule has 1 aliphatic heterocycles. The van der Waals surface area contributed by atoms with Gasteiger partial charge in [0.25, 0.3) is 5.91 Å². The number of methoxy groups -OCH3 is 1. The lowest BCUT2D eigenvalue weighted by Crippen LogP contribution is -2.46. The molecule has 0 atom stereocenters. The van der Waals surface area contributed by atoms with Crippen LogP contribution in [0.15, 0.2) is 30.3 Å². The van der Waals surface area contributed by atoms with Crippen molar-refractivity contribution >= 4 is 23.6 Å².